The number of nitrogens with zero attached hydrogens (tertiary/aromatic N) is 4. The summed E-state index contributed by atoms with van der Waals surface area (Å²) in [5.41, 5.74) is 2.72. The molecule has 1 aromatic heterocycles. The van der Waals surface area contributed by atoms with Crippen molar-refractivity contribution in [3.05, 3.63) is 47.8 Å². The Kier molecular flexibility index (Phi) is 4.76. The molecule has 0 unspecified atom stereocenters. The Morgan fingerprint density at radius 2 is 1.78 bits per heavy atom. The van der Waals surface area contributed by atoms with Crippen LogP contribution in [0.2, 0.25) is 0 Å². The summed E-state index contributed by atoms with van der Waals surface area (Å²) in [5, 5.41) is 4.46. The van der Waals surface area contributed by atoms with Gasteiger partial charge in [-0.1, -0.05) is 32.0 Å². The van der Waals surface area contributed by atoms with Crippen LogP contribution in [0.1, 0.15) is 29.9 Å². The third-order valence-electron chi connectivity index (χ3n) is 4.54. The first kappa shape index (κ1) is 15.7. The Morgan fingerprint density at radius 3 is 2.39 bits per heavy atom. The van der Waals surface area contributed by atoms with E-state index in [2.05, 4.69) is 23.8 Å². The minimum atomic E-state index is 0.111. The van der Waals surface area contributed by atoms with Crippen LogP contribution in [0.5, 0.6) is 0 Å². The molecule has 2 aromatic rings. The van der Waals surface area contributed by atoms with Gasteiger partial charge >= 0.3 is 0 Å². The number of aromatic nitrogens is 2. The summed E-state index contributed by atoms with van der Waals surface area (Å²) in [6, 6.07) is 9.99. The quantitative estimate of drug-likeness (QED) is 0.869. The molecular formula is C18H24N4O. The molecule has 0 saturated carbocycles. The van der Waals surface area contributed by atoms with E-state index in [0.717, 1.165) is 56.1 Å². The zero-order valence-electron chi connectivity index (χ0n) is 13.9. The lowest BCUT2D eigenvalue weighted by molar-refractivity contribution is 0.0642. The van der Waals surface area contributed by atoms with Crippen LogP contribution in [-0.2, 0) is 6.42 Å². The number of piperazine rings is 1. The van der Waals surface area contributed by atoms with Gasteiger partial charge in [0.15, 0.2) is 0 Å². The molecule has 0 spiro atoms. The average Bonchev–Trinajstić information content (AvgIpc) is 3.06. The molecule has 23 heavy (non-hydrogen) atoms. The Bertz CT molecular complexity index is 657. The first-order chi connectivity index (χ1) is 11.2. The molecule has 0 radical (unpaired) electrons. The maximum Gasteiger partial charge on any atom is 0.257 e. The van der Waals surface area contributed by atoms with Gasteiger partial charge in [-0.25, -0.2) is 4.68 Å². The van der Waals surface area contributed by atoms with Crippen LogP contribution in [0.4, 0.5) is 0 Å². The van der Waals surface area contributed by atoms with Crippen LogP contribution in [0, 0.1) is 0 Å². The smallest absolute Gasteiger partial charge is 0.257 e. The van der Waals surface area contributed by atoms with Crippen LogP contribution in [0.15, 0.2) is 36.5 Å². The molecule has 1 aliphatic rings. The van der Waals surface area contributed by atoms with E-state index in [1.807, 2.05) is 39.9 Å². The molecule has 122 valence electrons. The van der Waals surface area contributed by atoms with Crippen molar-refractivity contribution < 1.29 is 4.79 Å². The second kappa shape index (κ2) is 6.96. The highest BCUT2D eigenvalue weighted by Gasteiger charge is 2.25. The van der Waals surface area contributed by atoms with E-state index in [-0.39, 0.29) is 5.91 Å². The molecule has 0 bridgehead atoms. The molecule has 1 saturated heterocycles. The first-order valence-electron chi connectivity index (χ1n) is 8.38. The van der Waals surface area contributed by atoms with Gasteiger partial charge in [0, 0.05) is 26.2 Å². The van der Waals surface area contributed by atoms with E-state index in [4.69, 9.17) is 0 Å². The highest BCUT2D eigenvalue weighted by atomic mass is 16.2. The van der Waals surface area contributed by atoms with Crippen LogP contribution < -0.4 is 0 Å². The third kappa shape index (κ3) is 3.15. The summed E-state index contributed by atoms with van der Waals surface area (Å²) in [6.07, 6.45) is 2.51. The fourth-order valence-corrected chi connectivity index (χ4v) is 3.12. The maximum absolute atomic E-state index is 12.9. The molecule has 1 fully saturated rings. The number of amides is 1. The number of para-hydroxylation sites is 1. The van der Waals surface area contributed by atoms with Gasteiger partial charge in [-0.15, -0.1) is 0 Å². The third-order valence-corrected chi connectivity index (χ3v) is 4.54. The van der Waals surface area contributed by atoms with Crippen LogP contribution in [-0.4, -0.2) is 58.2 Å². The normalized spacial score (nSPS) is 15.8. The summed E-state index contributed by atoms with van der Waals surface area (Å²) in [6.45, 7) is 8.79. The maximum atomic E-state index is 12.9. The molecular weight excluding hydrogens is 288 g/mol. The summed E-state index contributed by atoms with van der Waals surface area (Å²) < 4.78 is 1.88. The molecule has 0 N–H and O–H groups in total. The lowest BCUT2D eigenvalue weighted by Gasteiger charge is -2.34. The van der Waals surface area contributed by atoms with Gasteiger partial charge in [0.25, 0.3) is 5.91 Å². The Balaban J connectivity index is 1.83. The van der Waals surface area contributed by atoms with E-state index in [1.54, 1.807) is 6.20 Å². The SMILES string of the molecule is CCc1c(C(=O)N2CCN(CC)CC2)cnn1-c1ccccc1. The van der Waals surface area contributed by atoms with Crippen molar-refractivity contribution in [1.82, 2.24) is 19.6 Å². The molecule has 5 heteroatoms. The Hall–Kier alpha value is -2.14. The fourth-order valence-electron chi connectivity index (χ4n) is 3.12. The minimum Gasteiger partial charge on any atom is -0.336 e. The van der Waals surface area contributed by atoms with E-state index < -0.39 is 0 Å². The molecule has 0 aliphatic carbocycles. The van der Waals surface area contributed by atoms with E-state index in [1.165, 1.54) is 0 Å². The van der Waals surface area contributed by atoms with Gasteiger partial charge in [0.1, 0.15) is 0 Å². The number of carbonyl (C=O) groups excluding carboxylic acids is 1. The standard InChI is InChI=1S/C18H24N4O/c1-3-17-16(14-19-22(17)15-8-6-5-7-9-15)18(23)21-12-10-20(4-2)11-13-21/h5-9,14H,3-4,10-13H2,1-2H3. The van der Waals surface area contributed by atoms with Crippen molar-refractivity contribution in [2.45, 2.75) is 20.3 Å². The number of hydrogen-bond acceptors (Lipinski definition) is 3. The fraction of sp³-hybridized carbons (Fsp3) is 0.444. The zero-order chi connectivity index (χ0) is 16.2. The van der Waals surface area contributed by atoms with Crippen LogP contribution >= 0.6 is 0 Å². The second-order valence-corrected chi connectivity index (χ2v) is 5.83. The summed E-state index contributed by atoms with van der Waals surface area (Å²) in [7, 11) is 0. The first-order valence-corrected chi connectivity index (χ1v) is 8.38. The van der Waals surface area contributed by atoms with Crippen molar-refractivity contribution in [2.75, 3.05) is 32.7 Å². The lowest BCUT2D eigenvalue weighted by Crippen LogP contribution is -2.48. The molecule has 5 nitrogen and oxygen atoms in total. The Morgan fingerprint density at radius 1 is 1.09 bits per heavy atom. The highest BCUT2D eigenvalue weighted by Crippen LogP contribution is 2.18. The molecule has 1 aromatic carbocycles. The van der Waals surface area contributed by atoms with Crippen molar-refractivity contribution in [2.24, 2.45) is 0 Å². The predicted molar refractivity (Wildman–Crippen MR) is 91.0 cm³/mol. The largest absolute Gasteiger partial charge is 0.336 e. The molecule has 0 atom stereocenters. The number of benzene rings is 1. The highest BCUT2D eigenvalue weighted by molar-refractivity contribution is 5.95. The van der Waals surface area contributed by atoms with Crippen LogP contribution in [0.25, 0.3) is 5.69 Å². The van der Waals surface area contributed by atoms with Crippen LogP contribution in [0.3, 0.4) is 0 Å². The van der Waals surface area contributed by atoms with E-state index >= 15 is 0 Å². The van der Waals surface area contributed by atoms with Crippen molar-refractivity contribution >= 4 is 5.91 Å². The van der Waals surface area contributed by atoms with E-state index in [9.17, 15) is 4.79 Å². The predicted octanol–water partition coefficient (Wildman–Crippen LogP) is 2.21. The number of hydrogen-bond donors (Lipinski definition) is 0. The van der Waals surface area contributed by atoms with Gasteiger partial charge in [0.05, 0.1) is 23.1 Å². The molecule has 1 aliphatic heterocycles. The van der Waals surface area contributed by atoms with Gasteiger partial charge in [0.2, 0.25) is 0 Å². The second-order valence-electron chi connectivity index (χ2n) is 5.83. The number of rotatable bonds is 4. The average molecular weight is 312 g/mol. The molecule has 1 amide bonds. The topological polar surface area (TPSA) is 41.4 Å². The molecule has 3 rings (SSSR count). The van der Waals surface area contributed by atoms with Crippen molar-refractivity contribution in [3.63, 3.8) is 0 Å². The Labute approximate surface area is 137 Å². The zero-order valence-corrected chi connectivity index (χ0v) is 13.9. The number of carbonyl (C=O) groups is 1. The van der Waals surface area contributed by atoms with Crippen molar-refractivity contribution in [3.8, 4) is 5.69 Å². The lowest BCUT2D eigenvalue weighted by atomic mass is 10.1. The monoisotopic (exact) mass is 312 g/mol. The molecule has 2 heterocycles. The van der Waals surface area contributed by atoms with Crippen molar-refractivity contribution in [1.29, 1.82) is 0 Å². The van der Waals surface area contributed by atoms with Gasteiger partial charge in [-0.05, 0) is 25.1 Å². The minimum absolute atomic E-state index is 0.111. The van der Waals surface area contributed by atoms with Gasteiger partial charge in [-0.2, -0.15) is 5.10 Å². The summed E-state index contributed by atoms with van der Waals surface area (Å²) in [5.74, 6) is 0.111. The summed E-state index contributed by atoms with van der Waals surface area (Å²) in [4.78, 5) is 17.2. The van der Waals surface area contributed by atoms with E-state index in [0.29, 0.717) is 0 Å². The van der Waals surface area contributed by atoms with Gasteiger partial charge < -0.3 is 9.80 Å². The van der Waals surface area contributed by atoms with Gasteiger partial charge in [-0.3, -0.25) is 4.79 Å². The summed E-state index contributed by atoms with van der Waals surface area (Å²) >= 11 is 0. The number of likely N-dealkylation sites (N-methyl/N-ethyl adjacent to an activating group) is 1.